The maximum absolute atomic E-state index is 12.9. The van der Waals surface area contributed by atoms with Crippen molar-refractivity contribution >= 4 is 16.8 Å². The highest BCUT2D eigenvalue weighted by Crippen LogP contribution is 2.31. The number of hydrogen-bond acceptors (Lipinski definition) is 4. The smallest absolute Gasteiger partial charge is 0.274 e. The molecular formula is C21H27N3O3. The first-order valence-electron chi connectivity index (χ1n) is 9.95. The topological polar surface area (TPSA) is 75.3 Å². The summed E-state index contributed by atoms with van der Waals surface area (Å²) in [4.78, 5) is 34.4. The van der Waals surface area contributed by atoms with Gasteiger partial charge in [-0.25, -0.2) is 0 Å². The molecule has 1 N–H and O–H groups in total. The van der Waals surface area contributed by atoms with Crippen molar-refractivity contribution < 1.29 is 9.53 Å². The molecule has 2 aliphatic rings. The predicted molar refractivity (Wildman–Crippen MR) is 104 cm³/mol. The fourth-order valence-corrected chi connectivity index (χ4v) is 4.59. The second-order valence-corrected chi connectivity index (χ2v) is 7.82. The third-order valence-corrected chi connectivity index (χ3v) is 6.18. The zero-order valence-electron chi connectivity index (χ0n) is 15.8. The molecule has 0 aromatic carbocycles. The van der Waals surface area contributed by atoms with Crippen LogP contribution in [0.2, 0.25) is 0 Å². The number of fused-ring (bicyclic) bond motifs is 1. The molecule has 1 aliphatic heterocycles. The molecule has 3 heterocycles. The molecule has 2 atom stereocenters. The van der Waals surface area contributed by atoms with Crippen molar-refractivity contribution in [1.29, 1.82) is 0 Å². The predicted octanol–water partition coefficient (Wildman–Crippen LogP) is 2.83. The Labute approximate surface area is 158 Å². The molecule has 6 heteroatoms. The zero-order valence-corrected chi connectivity index (χ0v) is 15.8. The fraction of sp³-hybridized carbons (Fsp3) is 0.571. The van der Waals surface area contributed by atoms with Gasteiger partial charge >= 0.3 is 0 Å². The Hall–Kier alpha value is -2.21. The van der Waals surface area contributed by atoms with E-state index in [1.807, 2.05) is 23.1 Å². The molecule has 1 aliphatic carbocycles. The van der Waals surface area contributed by atoms with Crippen LogP contribution in [0.4, 0.5) is 0 Å². The number of pyridine rings is 2. The molecule has 2 aromatic rings. The summed E-state index contributed by atoms with van der Waals surface area (Å²) >= 11 is 0. The van der Waals surface area contributed by atoms with Crippen molar-refractivity contribution in [2.45, 2.75) is 50.5 Å². The van der Waals surface area contributed by atoms with Crippen molar-refractivity contribution in [1.82, 2.24) is 14.9 Å². The van der Waals surface area contributed by atoms with E-state index < -0.39 is 0 Å². The monoisotopic (exact) mass is 369 g/mol. The van der Waals surface area contributed by atoms with Gasteiger partial charge in [0, 0.05) is 49.3 Å². The number of nitrogens with zero attached hydrogens (tertiary/aromatic N) is 2. The molecule has 2 fully saturated rings. The third-order valence-electron chi connectivity index (χ3n) is 6.18. The van der Waals surface area contributed by atoms with E-state index in [0.29, 0.717) is 5.52 Å². The molecule has 2 aromatic heterocycles. The zero-order chi connectivity index (χ0) is 18.8. The Bertz CT molecular complexity index is 870. The summed E-state index contributed by atoms with van der Waals surface area (Å²) in [5.74, 6) is 0.669. The summed E-state index contributed by atoms with van der Waals surface area (Å²) in [6, 6.07) is 5.81. The quantitative estimate of drug-likeness (QED) is 0.903. The van der Waals surface area contributed by atoms with Crippen LogP contribution in [0.3, 0.4) is 0 Å². The van der Waals surface area contributed by atoms with Gasteiger partial charge in [0.1, 0.15) is 5.52 Å². The number of carbonyl (C=O) groups is 1. The van der Waals surface area contributed by atoms with Crippen molar-refractivity contribution in [2.24, 2.45) is 5.92 Å². The van der Waals surface area contributed by atoms with Gasteiger partial charge in [0.15, 0.2) is 0 Å². The second-order valence-electron chi connectivity index (χ2n) is 7.82. The minimum Gasteiger partial charge on any atom is -0.381 e. The number of hydrogen-bond donors (Lipinski definition) is 1. The molecule has 0 unspecified atom stereocenters. The largest absolute Gasteiger partial charge is 0.381 e. The first kappa shape index (κ1) is 18.2. The summed E-state index contributed by atoms with van der Waals surface area (Å²) in [6.45, 7) is 1.51. The van der Waals surface area contributed by atoms with Gasteiger partial charge in [0.2, 0.25) is 5.91 Å². The van der Waals surface area contributed by atoms with Gasteiger partial charge in [0.25, 0.3) is 5.56 Å². The van der Waals surface area contributed by atoms with Crippen LogP contribution < -0.4 is 5.56 Å². The Balaban J connectivity index is 1.42. The lowest BCUT2D eigenvalue weighted by Crippen LogP contribution is -2.43. The summed E-state index contributed by atoms with van der Waals surface area (Å²) < 4.78 is 5.47. The maximum atomic E-state index is 12.9. The highest BCUT2D eigenvalue weighted by Gasteiger charge is 2.32. The second kappa shape index (κ2) is 7.80. The lowest BCUT2D eigenvalue weighted by molar-refractivity contribution is -0.139. The number of amides is 1. The average Bonchev–Trinajstić information content (AvgIpc) is 2.73. The summed E-state index contributed by atoms with van der Waals surface area (Å²) in [7, 11) is 1.74. The first-order chi connectivity index (χ1) is 13.2. The molecule has 4 rings (SSSR count). The van der Waals surface area contributed by atoms with E-state index >= 15 is 0 Å². The SMILES string of the molecule is CO[C@@H]1CCC[C@@H](C(=O)N2CCC(c3cc4cccnc4c(=O)[nH]3)CC2)C1. The van der Waals surface area contributed by atoms with Crippen LogP contribution in [0, 0.1) is 5.92 Å². The lowest BCUT2D eigenvalue weighted by atomic mass is 9.85. The van der Waals surface area contributed by atoms with E-state index in [2.05, 4.69) is 9.97 Å². The molecule has 0 spiro atoms. The number of methoxy groups -OCH3 is 1. The van der Waals surface area contributed by atoms with Crippen molar-refractivity contribution in [3.63, 3.8) is 0 Å². The van der Waals surface area contributed by atoms with Crippen LogP contribution in [0.15, 0.2) is 29.2 Å². The van der Waals surface area contributed by atoms with Crippen LogP contribution >= 0.6 is 0 Å². The molecule has 6 nitrogen and oxygen atoms in total. The van der Waals surface area contributed by atoms with Crippen molar-refractivity contribution in [3.8, 4) is 0 Å². The van der Waals surface area contributed by atoms with E-state index in [4.69, 9.17) is 4.74 Å². The Morgan fingerprint density at radius 3 is 2.85 bits per heavy atom. The minimum atomic E-state index is -0.130. The minimum absolute atomic E-state index is 0.104. The lowest BCUT2D eigenvalue weighted by Gasteiger charge is -2.36. The molecule has 27 heavy (non-hydrogen) atoms. The summed E-state index contributed by atoms with van der Waals surface area (Å²) in [5.41, 5.74) is 1.32. The summed E-state index contributed by atoms with van der Waals surface area (Å²) in [5, 5.41) is 0.877. The molecule has 1 saturated heterocycles. The van der Waals surface area contributed by atoms with Gasteiger partial charge in [-0.1, -0.05) is 12.5 Å². The van der Waals surface area contributed by atoms with E-state index in [0.717, 1.165) is 62.7 Å². The maximum Gasteiger partial charge on any atom is 0.274 e. The molecule has 0 radical (unpaired) electrons. The van der Waals surface area contributed by atoms with Crippen LogP contribution in [-0.4, -0.2) is 47.1 Å². The van der Waals surface area contributed by atoms with Crippen LogP contribution in [0.5, 0.6) is 0 Å². The van der Waals surface area contributed by atoms with Gasteiger partial charge in [-0.3, -0.25) is 14.6 Å². The molecule has 1 amide bonds. The van der Waals surface area contributed by atoms with E-state index in [1.54, 1.807) is 13.3 Å². The number of likely N-dealkylation sites (tertiary alicyclic amines) is 1. The van der Waals surface area contributed by atoms with Gasteiger partial charge in [-0.15, -0.1) is 0 Å². The number of H-pyrrole nitrogens is 1. The fourth-order valence-electron chi connectivity index (χ4n) is 4.59. The number of piperidine rings is 1. The van der Waals surface area contributed by atoms with Crippen LogP contribution in [-0.2, 0) is 9.53 Å². The highest BCUT2D eigenvalue weighted by atomic mass is 16.5. The normalized spacial score (nSPS) is 24.3. The van der Waals surface area contributed by atoms with Gasteiger partial charge < -0.3 is 14.6 Å². The Morgan fingerprint density at radius 1 is 1.26 bits per heavy atom. The van der Waals surface area contributed by atoms with Crippen LogP contribution in [0.25, 0.3) is 10.9 Å². The number of nitrogens with one attached hydrogen (secondary N) is 1. The first-order valence-corrected chi connectivity index (χ1v) is 9.95. The molecular weight excluding hydrogens is 342 g/mol. The number of carbonyl (C=O) groups excluding carboxylic acids is 1. The van der Waals surface area contributed by atoms with Gasteiger partial charge in [-0.05, 0) is 44.2 Å². The van der Waals surface area contributed by atoms with Gasteiger partial charge in [-0.2, -0.15) is 0 Å². The van der Waals surface area contributed by atoms with Gasteiger partial charge in [0.05, 0.1) is 6.10 Å². The van der Waals surface area contributed by atoms with Crippen molar-refractivity contribution in [2.75, 3.05) is 20.2 Å². The number of ether oxygens (including phenoxy) is 1. The summed E-state index contributed by atoms with van der Waals surface area (Å²) in [6.07, 6.45) is 7.58. The molecule has 1 saturated carbocycles. The highest BCUT2D eigenvalue weighted by molar-refractivity contribution is 5.79. The van der Waals surface area contributed by atoms with E-state index in [-0.39, 0.29) is 29.4 Å². The van der Waals surface area contributed by atoms with E-state index in [9.17, 15) is 9.59 Å². The standard InChI is InChI=1S/C21H27N3O3/c1-27-17-6-2-4-16(12-17)21(26)24-10-7-14(8-11-24)18-13-15-5-3-9-22-19(15)20(25)23-18/h3,5,9,13-14,16-17H,2,4,6-8,10-12H2,1H3,(H,23,25)/t16-,17-/m1/s1. The van der Waals surface area contributed by atoms with Crippen molar-refractivity contribution in [3.05, 3.63) is 40.4 Å². The number of aromatic nitrogens is 2. The molecule has 0 bridgehead atoms. The Morgan fingerprint density at radius 2 is 2.07 bits per heavy atom. The third kappa shape index (κ3) is 3.76. The van der Waals surface area contributed by atoms with E-state index in [1.165, 1.54) is 0 Å². The van der Waals surface area contributed by atoms with Crippen LogP contribution in [0.1, 0.15) is 50.1 Å². The molecule has 144 valence electrons. The Kier molecular flexibility index (Phi) is 5.25. The number of aromatic amines is 1. The average molecular weight is 369 g/mol. The number of rotatable bonds is 3.